The highest BCUT2D eigenvalue weighted by atomic mass is 32.3. The first-order chi connectivity index (χ1) is 5.91. The summed E-state index contributed by atoms with van der Waals surface area (Å²) in [6, 6.07) is -1.07. The van der Waals surface area contributed by atoms with Crippen LogP contribution in [0.15, 0.2) is 0 Å². The first-order valence-electron chi connectivity index (χ1n) is 3.93. The van der Waals surface area contributed by atoms with E-state index in [1.54, 1.807) is 0 Å². The zero-order valence-corrected chi connectivity index (χ0v) is 9.14. The number of nitrogens with zero attached hydrogens (tertiary/aromatic N) is 1. The Hall–Kier alpha value is -0.430. The van der Waals surface area contributed by atoms with Gasteiger partial charge in [-0.05, 0) is 19.2 Å². The van der Waals surface area contributed by atoms with E-state index >= 15 is 0 Å². The average molecular weight is 226 g/mol. The van der Waals surface area contributed by atoms with Gasteiger partial charge in [-0.15, -0.1) is 0 Å². The molecule has 0 atom stereocenters. The second kappa shape index (κ2) is 5.33. The van der Waals surface area contributed by atoms with Crippen LogP contribution >= 0.6 is 12.8 Å². The van der Waals surface area contributed by atoms with Gasteiger partial charge in [0.15, 0.2) is 0 Å². The van der Waals surface area contributed by atoms with Crippen LogP contribution in [0.25, 0.3) is 0 Å². The number of nitrogens with two attached hydrogens (primary N) is 1. The Labute approximate surface area is 83.9 Å². The fraction of sp³-hybridized carbons (Fsp3) is 0.833. The number of urea groups is 1. The maximum atomic E-state index is 11.2. The molecule has 13 heavy (non-hydrogen) atoms. The number of rotatable bonds is 5. The zero-order chi connectivity index (χ0) is 10.5. The highest BCUT2D eigenvalue weighted by Crippen LogP contribution is 2.07. The fourth-order valence-electron chi connectivity index (χ4n) is 0.758. The monoisotopic (exact) mass is 226 g/mol. The van der Waals surface area contributed by atoms with Gasteiger partial charge in [0.2, 0.25) is 10.0 Å². The van der Waals surface area contributed by atoms with Crippen LogP contribution in [-0.4, -0.2) is 23.9 Å². The molecule has 0 unspecified atom stereocenters. The second-order valence-electron chi connectivity index (χ2n) is 2.60. The van der Waals surface area contributed by atoms with Crippen molar-refractivity contribution in [1.29, 1.82) is 0 Å². The Kier molecular flexibility index (Phi) is 5.16. The molecule has 5 nitrogen and oxygen atoms in total. The molecular weight excluding hydrogens is 212 g/mol. The topological polar surface area (TPSA) is 80.5 Å². The average Bonchev–Trinajstić information content (AvgIpc) is 2.03. The second-order valence-corrected chi connectivity index (χ2v) is 5.21. The molecule has 0 spiro atoms. The molecule has 0 aromatic carbocycles. The molecule has 0 aliphatic carbocycles. The van der Waals surface area contributed by atoms with Crippen molar-refractivity contribution in [2.24, 2.45) is 5.73 Å². The van der Waals surface area contributed by atoms with Crippen LogP contribution in [0.2, 0.25) is 0 Å². The molecule has 78 valence electrons. The molecule has 0 aliphatic rings. The number of amides is 2. The van der Waals surface area contributed by atoms with E-state index in [0.717, 1.165) is 12.8 Å². The fourth-order valence-corrected chi connectivity index (χ4v) is 2.02. The van der Waals surface area contributed by atoms with Gasteiger partial charge in [0, 0.05) is 0 Å². The van der Waals surface area contributed by atoms with Crippen molar-refractivity contribution in [2.45, 2.75) is 26.2 Å². The lowest BCUT2D eigenvalue weighted by atomic mass is 10.3. The first kappa shape index (κ1) is 12.6. The molecule has 2 N–H and O–H groups in total. The van der Waals surface area contributed by atoms with Crippen molar-refractivity contribution >= 4 is 28.9 Å². The highest BCUT2D eigenvalue weighted by molar-refractivity contribution is 8.00. The minimum absolute atomic E-state index is 0.0900. The van der Waals surface area contributed by atoms with Crippen molar-refractivity contribution in [3.05, 3.63) is 0 Å². The van der Waals surface area contributed by atoms with E-state index in [1.165, 1.54) is 0 Å². The number of hydrogen-bond donors (Lipinski definition) is 2. The van der Waals surface area contributed by atoms with Gasteiger partial charge in [0.05, 0.1) is 5.75 Å². The smallest absolute Gasteiger partial charge is 0.338 e. The number of primary amides is 1. The lowest BCUT2D eigenvalue weighted by Crippen LogP contribution is -2.34. The van der Waals surface area contributed by atoms with Crippen molar-refractivity contribution in [3.63, 3.8) is 0 Å². The van der Waals surface area contributed by atoms with E-state index in [1.807, 2.05) is 6.92 Å². The summed E-state index contributed by atoms with van der Waals surface area (Å²) >= 11 is 3.48. The molecule has 0 radical (unpaired) electrons. The number of thiol groups is 1. The lowest BCUT2D eigenvalue weighted by Gasteiger charge is -2.12. The predicted molar refractivity (Wildman–Crippen MR) is 53.7 cm³/mol. The van der Waals surface area contributed by atoms with Gasteiger partial charge in [0.1, 0.15) is 0 Å². The molecule has 7 heteroatoms. The molecule has 0 saturated heterocycles. The van der Waals surface area contributed by atoms with Gasteiger partial charge < -0.3 is 5.73 Å². The Morgan fingerprint density at radius 3 is 2.38 bits per heavy atom. The third-order valence-corrected chi connectivity index (χ3v) is 3.91. The Bertz CT molecular complexity index is 263. The molecule has 0 saturated carbocycles. The van der Waals surface area contributed by atoms with Crippen LogP contribution in [0.4, 0.5) is 4.79 Å². The molecule has 0 aliphatic heterocycles. The maximum absolute atomic E-state index is 11.2. The van der Waals surface area contributed by atoms with Crippen LogP contribution < -0.4 is 5.73 Å². The van der Waals surface area contributed by atoms with Crippen LogP contribution in [0, 0.1) is 0 Å². The van der Waals surface area contributed by atoms with Gasteiger partial charge in [-0.2, -0.15) is 3.71 Å². The molecule has 0 aromatic heterocycles. The number of sulfonamides is 1. The maximum Gasteiger partial charge on any atom is 0.338 e. The van der Waals surface area contributed by atoms with Crippen molar-refractivity contribution < 1.29 is 13.2 Å². The standard InChI is InChI=1S/C6H14N2O3S2/c1-2-3-4-5-13(10,11)8(12)6(7)9/h12H,2-5H2,1H3,(H2,7,9). The molecule has 2 amide bonds. The minimum Gasteiger partial charge on any atom is -0.350 e. The van der Waals surface area contributed by atoms with Gasteiger partial charge >= 0.3 is 6.03 Å². The van der Waals surface area contributed by atoms with Crippen LogP contribution in [0.1, 0.15) is 26.2 Å². The first-order valence-corrected chi connectivity index (χ1v) is 5.94. The zero-order valence-electron chi connectivity index (χ0n) is 7.43. The summed E-state index contributed by atoms with van der Waals surface area (Å²) in [5.74, 6) is -0.0900. The van der Waals surface area contributed by atoms with E-state index in [4.69, 9.17) is 5.73 Å². The van der Waals surface area contributed by atoms with Crippen LogP contribution in [-0.2, 0) is 10.0 Å². The third-order valence-electron chi connectivity index (χ3n) is 1.46. The van der Waals surface area contributed by atoms with E-state index in [-0.39, 0.29) is 9.46 Å². The summed E-state index contributed by atoms with van der Waals surface area (Å²) in [7, 11) is -3.61. The summed E-state index contributed by atoms with van der Waals surface area (Å²) in [6.07, 6.45) is 2.24. The minimum atomic E-state index is -3.61. The highest BCUT2D eigenvalue weighted by Gasteiger charge is 2.21. The number of hydrogen-bond acceptors (Lipinski definition) is 4. The van der Waals surface area contributed by atoms with Gasteiger partial charge in [-0.25, -0.2) is 13.2 Å². The van der Waals surface area contributed by atoms with Crippen LogP contribution in [0.5, 0.6) is 0 Å². The molecule has 0 rings (SSSR count). The molecule has 0 fully saturated rings. The quantitative estimate of drug-likeness (QED) is 0.535. The summed E-state index contributed by atoms with van der Waals surface area (Å²) in [4.78, 5) is 10.5. The van der Waals surface area contributed by atoms with E-state index in [9.17, 15) is 13.2 Å². The number of carbonyl (C=O) groups excluding carboxylic acids is 1. The Balaban J connectivity index is 4.16. The Morgan fingerprint density at radius 2 is 2.00 bits per heavy atom. The lowest BCUT2D eigenvalue weighted by molar-refractivity contribution is 0.245. The summed E-state index contributed by atoms with van der Waals surface area (Å²) < 4.78 is 22.7. The molecular formula is C6H14N2O3S2. The van der Waals surface area contributed by atoms with Gasteiger partial charge in [0.25, 0.3) is 0 Å². The number of carbonyl (C=O) groups is 1. The predicted octanol–water partition coefficient (Wildman–Crippen LogP) is 0.732. The van der Waals surface area contributed by atoms with Crippen molar-refractivity contribution in [2.75, 3.05) is 5.75 Å². The summed E-state index contributed by atoms with van der Waals surface area (Å²) in [5.41, 5.74) is 4.76. The Morgan fingerprint density at radius 1 is 1.46 bits per heavy atom. The molecule has 0 aromatic rings. The third kappa shape index (κ3) is 4.37. The van der Waals surface area contributed by atoms with Crippen molar-refractivity contribution in [3.8, 4) is 0 Å². The van der Waals surface area contributed by atoms with Gasteiger partial charge in [-0.1, -0.05) is 19.8 Å². The van der Waals surface area contributed by atoms with E-state index in [0.29, 0.717) is 6.42 Å². The number of unbranched alkanes of at least 4 members (excludes halogenated alkanes) is 2. The largest absolute Gasteiger partial charge is 0.350 e. The summed E-state index contributed by atoms with van der Waals surface area (Å²) in [6.45, 7) is 1.96. The van der Waals surface area contributed by atoms with Gasteiger partial charge in [-0.3, -0.25) is 0 Å². The molecule has 0 heterocycles. The SMILES string of the molecule is CCCCCS(=O)(=O)N(S)C(N)=O. The van der Waals surface area contributed by atoms with E-state index < -0.39 is 16.1 Å². The van der Waals surface area contributed by atoms with E-state index in [2.05, 4.69) is 12.8 Å². The summed E-state index contributed by atoms with van der Waals surface area (Å²) in [5, 5.41) is 0. The molecule has 0 bridgehead atoms. The van der Waals surface area contributed by atoms with Crippen LogP contribution in [0.3, 0.4) is 0 Å². The van der Waals surface area contributed by atoms with Crippen molar-refractivity contribution in [1.82, 2.24) is 3.71 Å². The normalized spacial score (nSPS) is 11.2.